The van der Waals surface area contributed by atoms with E-state index < -0.39 is 16.1 Å². The zero-order valence-electron chi connectivity index (χ0n) is 39.0. The summed E-state index contributed by atoms with van der Waals surface area (Å²) in [7, 11) is -3.55. The van der Waals surface area contributed by atoms with Crippen LogP contribution >= 0.6 is 0 Å². The summed E-state index contributed by atoms with van der Waals surface area (Å²) in [4.78, 5) is 0. The molecule has 0 aliphatic heterocycles. The fourth-order valence-electron chi connectivity index (χ4n) is 9.08. The number of rotatable bonds is 6. The minimum atomic E-state index is -1.78. The smallest absolute Gasteiger partial charge is 0.125 e. The molecule has 2 heteroatoms. The second-order valence-electron chi connectivity index (χ2n) is 18.2. The molecule has 5 aromatic carbocycles. The van der Waals surface area contributed by atoms with Gasteiger partial charge >= 0.3 is 0 Å². The number of hydrogen-bond donors (Lipinski definition) is 0. The molecule has 0 aromatic heterocycles. The van der Waals surface area contributed by atoms with E-state index in [-0.39, 0.29) is 0 Å². The van der Waals surface area contributed by atoms with E-state index in [1.54, 1.807) is 0 Å². The van der Waals surface area contributed by atoms with Crippen LogP contribution in [-0.2, 0) is 0 Å². The fraction of sp³-hybridized carbons (Fsp3) is 0.300. The summed E-state index contributed by atoms with van der Waals surface area (Å²) in [6.07, 6.45) is 0. The van der Waals surface area contributed by atoms with Gasteiger partial charge in [-0.05, 0) is 136 Å². The lowest BCUT2D eigenvalue weighted by atomic mass is 10.1. The minimum Gasteiger partial charge on any atom is -0.125 e. The fourth-order valence-corrected chi connectivity index (χ4v) is 19.5. The van der Waals surface area contributed by atoms with E-state index in [0.717, 1.165) is 55.6 Å². The summed E-state index contributed by atoms with van der Waals surface area (Å²) < 4.78 is 0. The van der Waals surface area contributed by atoms with Crippen LogP contribution in [0.2, 0.25) is 33.2 Å². The van der Waals surface area contributed by atoms with Gasteiger partial charge in [0.05, 0.1) is 0 Å². The van der Waals surface area contributed by atoms with E-state index in [9.17, 15) is 0 Å². The molecule has 0 N–H and O–H groups in total. The monoisotopic (exact) mass is 838 g/mol. The lowest BCUT2D eigenvalue weighted by Gasteiger charge is -2.38. The molecule has 0 saturated heterocycles. The molecule has 0 nitrogen and oxygen atoms in total. The van der Waals surface area contributed by atoms with Crippen molar-refractivity contribution in [2.75, 3.05) is 0 Å². The summed E-state index contributed by atoms with van der Waals surface area (Å²) >= 11 is 0. The zero-order valence-corrected chi connectivity index (χ0v) is 41.0. The molecule has 0 atom stereocenters. The van der Waals surface area contributed by atoms with Gasteiger partial charge in [0.25, 0.3) is 0 Å². The molecule has 310 valence electrons. The average Bonchev–Trinajstić information content (AvgIpc) is 3.25. The Morgan fingerprint density at radius 3 is 0.790 bits per heavy atom. The van der Waals surface area contributed by atoms with Crippen molar-refractivity contribution < 1.29 is 0 Å². The van der Waals surface area contributed by atoms with Crippen LogP contribution in [0, 0.1) is 70.3 Å². The maximum atomic E-state index is 3.82. The molecule has 0 aliphatic rings. The van der Waals surface area contributed by atoms with Crippen LogP contribution in [0.15, 0.2) is 121 Å². The lowest BCUT2D eigenvalue weighted by molar-refractivity contribution is 0.838. The Hall–Kier alpha value is -6.11. The van der Waals surface area contributed by atoms with Gasteiger partial charge in [-0.15, -0.1) is 11.1 Å². The first-order valence-corrected chi connectivity index (χ1v) is 26.7. The Balaban J connectivity index is 1.23. The van der Waals surface area contributed by atoms with Crippen molar-refractivity contribution in [3.63, 3.8) is 0 Å². The van der Waals surface area contributed by atoms with Gasteiger partial charge in [-0.2, -0.15) is 0 Å². The quantitative estimate of drug-likeness (QED) is 0.118. The van der Waals surface area contributed by atoms with Crippen molar-refractivity contribution in [1.82, 2.24) is 0 Å². The highest BCUT2D eigenvalue weighted by molar-refractivity contribution is 6.91. The van der Waals surface area contributed by atoms with Gasteiger partial charge in [0.2, 0.25) is 0 Å². The maximum Gasteiger partial charge on any atom is 0.146 e. The zero-order chi connectivity index (χ0) is 44.9. The maximum absolute atomic E-state index is 3.82. The van der Waals surface area contributed by atoms with Crippen LogP contribution in [0.1, 0.15) is 139 Å². The molecule has 0 heterocycles. The molecule has 0 amide bonds. The molecule has 0 radical (unpaired) electrons. The Bertz CT molecular complexity index is 2660. The van der Waals surface area contributed by atoms with Gasteiger partial charge in [0.1, 0.15) is 16.1 Å². The molecular formula is C60H62Si2. The van der Waals surface area contributed by atoms with Crippen molar-refractivity contribution >= 4 is 16.1 Å². The molecule has 5 aromatic rings. The van der Waals surface area contributed by atoms with E-state index in [0.29, 0.717) is 33.2 Å². The molecule has 62 heavy (non-hydrogen) atoms. The largest absolute Gasteiger partial charge is 0.146 e. The van der Waals surface area contributed by atoms with Gasteiger partial charge in [0, 0.05) is 55.6 Å². The van der Waals surface area contributed by atoms with Gasteiger partial charge < -0.3 is 0 Å². The molecule has 5 rings (SSSR count). The molecule has 0 aliphatic carbocycles. The Morgan fingerprint density at radius 2 is 0.500 bits per heavy atom. The predicted molar refractivity (Wildman–Crippen MR) is 272 cm³/mol. The Kier molecular flexibility index (Phi) is 16.4. The van der Waals surface area contributed by atoms with Gasteiger partial charge in [-0.3, -0.25) is 0 Å². The SMILES string of the molecule is CC(C)[Si](C#Cc1ccc(C#Cc2ccc(C#Cc3cccc(C#Cc4ccccc4C#Cc4ccc(C#C[Si](C(C)C)(C(C)C)C(C)C)cc4)c3)cc2)cc1)(C(C)C)C(C)C. The topological polar surface area (TPSA) is 0 Å². The van der Waals surface area contributed by atoms with Crippen molar-refractivity contribution in [3.05, 3.63) is 177 Å². The summed E-state index contributed by atoms with van der Waals surface area (Å²) in [6.45, 7) is 28.2. The second-order valence-corrected chi connectivity index (χ2v) is 29.3. The molecule has 0 fully saturated rings. The van der Waals surface area contributed by atoms with Crippen LogP contribution in [-0.4, -0.2) is 16.1 Å². The van der Waals surface area contributed by atoms with Crippen molar-refractivity contribution in [3.8, 4) is 70.3 Å². The van der Waals surface area contributed by atoms with Crippen LogP contribution in [0.5, 0.6) is 0 Å². The summed E-state index contributed by atoms with van der Waals surface area (Å²) in [5.41, 5.74) is 20.8. The highest BCUT2D eigenvalue weighted by atomic mass is 28.3. The van der Waals surface area contributed by atoms with Crippen LogP contribution in [0.4, 0.5) is 0 Å². The van der Waals surface area contributed by atoms with E-state index in [2.05, 4.69) is 202 Å². The second kappa shape index (κ2) is 21.6. The molecule has 0 unspecified atom stereocenters. The van der Waals surface area contributed by atoms with E-state index in [1.165, 1.54) is 0 Å². The average molecular weight is 839 g/mol. The highest BCUT2D eigenvalue weighted by Gasteiger charge is 2.42. The highest BCUT2D eigenvalue weighted by Crippen LogP contribution is 2.42. The van der Waals surface area contributed by atoms with Crippen LogP contribution < -0.4 is 0 Å². The molecule has 0 spiro atoms. The van der Waals surface area contributed by atoms with E-state index in [1.807, 2.05) is 72.8 Å². The Morgan fingerprint density at radius 1 is 0.258 bits per heavy atom. The van der Waals surface area contributed by atoms with Crippen molar-refractivity contribution in [2.24, 2.45) is 0 Å². The van der Waals surface area contributed by atoms with Gasteiger partial charge in [0.15, 0.2) is 0 Å². The van der Waals surface area contributed by atoms with Gasteiger partial charge in [-0.1, -0.05) is 160 Å². The third-order valence-electron chi connectivity index (χ3n) is 12.4. The first-order valence-electron chi connectivity index (χ1n) is 22.3. The third kappa shape index (κ3) is 11.8. The standard InChI is InChI=1S/C60H62Si2/c1-45(2)61(46(3)4,47(5)6)42-40-55-30-26-52(27-31-55)21-20-51-22-24-53(25-23-51)34-35-57-16-15-17-58(44-57)37-39-60-19-14-13-18-59(60)38-36-54-28-32-56(33-29-54)41-43-62(48(7)8,49(9)10)50(11)12/h13-19,22-33,44-50H,1-12H3. The molecule has 0 bridgehead atoms. The Labute approximate surface area is 377 Å². The third-order valence-corrected chi connectivity index (χ3v) is 25.0. The normalized spacial score (nSPS) is 11.0. The van der Waals surface area contributed by atoms with Crippen LogP contribution in [0.25, 0.3) is 0 Å². The number of benzene rings is 5. The first kappa shape index (κ1) is 47.0. The number of hydrogen-bond acceptors (Lipinski definition) is 0. The van der Waals surface area contributed by atoms with E-state index in [4.69, 9.17) is 0 Å². The molecular weight excluding hydrogens is 777 g/mol. The van der Waals surface area contributed by atoms with Crippen molar-refractivity contribution in [1.29, 1.82) is 0 Å². The minimum absolute atomic E-state index is 0.608. The predicted octanol–water partition coefficient (Wildman–Crippen LogP) is 14.4. The first-order chi connectivity index (χ1) is 29.6. The summed E-state index contributed by atoms with van der Waals surface area (Å²) in [5.74, 6) is 33.7. The van der Waals surface area contributed by atoms with Crippen LogP contribution in [0.3, 0.4) is 0 Å². The van der Waals surface area contributed by atoms with Gasteiger partial charge in [-0.25, -0.2) is 0 Å². The summed E-state index contributed by atoms with van der Waals surface area (Å²) in [6, 6.07) is 40.9. The summed E-state index contributed by atoms with van der Waals surface area (Å²) in [5, 5.41) is 0. The van der Waals surface area contributed by atoms with E-state index >= 15 is 0 Å². The lowest BCUT2D eigenvalue weighted by Crippen LogP contribution is -2.43. The van der Waals surface area contributed by atoms with Crippen molar-refractivity contribution in [2.45, 2.75) is 116 Å². The molecule has 0 saturated carbocycles.